The number of carbonyl (C=O) groups is 2. The Hall–Kier alpha value is -2.87. The topological polar surface area (TPSA) is 86.8 Å². The van der Waals surface area contributed by atoms with Crippen LogP contribution in [0.2, 0.25) is 0 Å². The number of fused-ring (bicyclic) bond motifs is 1. The van der Waals surface area contributed by atoms with Crippen molar-refractivity contribution in [2.24, 2.45) is 0 Å². The van der Waals surface area contributed by atoms with E-state index in [0.717, 1.165) is 44.3 Å². The molecule has 0 atom stereocenters. The van der Waals surface area contributed by atoms with Gasteiger partial charge in [0.2, 0.25) is 5.91 Å². The molecular formula is C24H29N3O4S. The smallest absolute Gasteiger partial charge is 0.264 e. The fourth-order valence-corrected chi connectivity index (χ4v) is 5.90. The zero-order chi connectivity index (χ0) is 22.6. The molecule has 1 N–H and O–H groups in total. The molecule has 8 heteroatoms. The van der Waals surface area contributed by atoms with Crippen molar-refractivity contribution in [2.45, 2.75) is 43.4 Å². The normalized spacial score (nSPS) is 16.4. The molecule has 1 fully saturated rings. The number of hydrogen-bond acceptors (Lipinski definition) is 4. The van der Waals surface area contributed by atoms with E-state index in [1.165, 1.54) is 16.4 Å². The number of hydrogen-bond donors (Lipinski definition) is 1. The van der Waals surface area contributed by atoms with Crippen LogP contribution in [0, 0.1) is 0 Å². The maximum absolute atomic E-state index is 13.2. The van der Waals surface area contributed by atoms with E-state index in [1.807, 2.05) is 23.1 Å². The highest BCUT2D eigenvalue weighted by Gasteiger charge is 2.31. The first-order chi connectivity index (χ1) is 15.5. The number of para-hydroxylation sites is 1. The first-order valence-corrected chi connectivity index (χ1v) is 12.7. The van der Waals surface area contributed by atoms with Crippen LogP contribution in [0.5, 0.6) is 0 Å². The monoisotopic (exact) mass is 455 g/mol. The minimum atomic E-state index is -3.77. The Balaban J connectivity index is 1.39. The Bertz CT molecular complexity index is 1090. The molecular weight excluding hydrogens is 426 g/mol. The van der Waals surface area contributed by atoms with Crippen LogP contribution in [0.4, 0.5) is 5.69 Å². The van der Waals surface area contributed by atoms with E-state index < -0.39 is 10.0 Å². The zero-order valence-corrected chi connectivity index (χ0v) is 18.9. The second kappa shape index (κ2) is 9.73. The highest BCUT2D eigenvalue weighted by molar-refractivity contribution is 7.92. The van der Waals surface area contributed by atoms with E-state index in [2.05, 4.69) is 5.32 Å². The summed E-state index contributed by atoms with van der Waals surface area (Å²) in [6, 6.07) is 13.5. The predicted molar refractivity (Wildman–Crippen MR) is 123 cm³/mol. The predicted octanol–water partition coefficient (Wildman–Crippen LogP) is 2.96. The van der Waals surface area contributed by atoms with Gasteiger partial charge in [-0.3, -0.25) is 13.9 Å². The molecule has 0 aromatic heterocycles. The lowest BCUT2D eigenvalue weighted by Crippen LogP contribution is -2.35. The van der Waals surface area contributed by atoms with Gasteiger partial charge in [0.1, 0.15) is 0 Å². The number of nitrogens with zero attached hydrogens (tertiary/aromatic N) is 2. The molecule has 1 saturated heterocycles. The quantitative estimate of drug-likeness (QED) is 0.726. The van der Waals surface area contributed by atoms with Gasteiger partial charge in [-0.15, -0.1) is 0 Å². The van der Waals surface area contributed by atoms with E-state index >= 15 is 0 Å². The van der Waals surface area contributed by atoms with Gasteiger partial charge in [-0.25, -0.2) is 8.42 Å². The molecule has 2 heterocycles. The van der Waals surface area contributed by atoms with Gasteiger partial charge < -0.3 is 10.2 Å². The largest absolute Gasteiger partial charge is 0.352 e. The average molecular weight is 456 g/mol. The summed E-state index contributed by atoms with van der Waals surface area (Å²) in [4.78, 5) is 27.0. The summed E-state index contributed by atoms with van der Waals surface area (Å²) in [6.45, 7) is 2.18. The molecule has 0 radical (unpaired) electrons. The molecule has 0 unspecified atom stereocenters. The Morgan fingerprint density at radius 3 is 2.44 bits per heavy atom. The molecule has 2 amide bonds. The van der Waals surface area contributed by atoms with E-state index in [9.17, 15) is 18.0 Å². The van der Waals surface area contributed by atoms with Crippen molar-refractivity contribution in [2.75, 3.05) is 30.5 Å². The number of amides is 2. The van der Waals surface area contributed by atoms with Crippen LogP contribution >= 0.6 is 0 Å². The van der Waals surface area contributed by atoms with Crippen molar-refractivity contribution in [1.29, 1.82) is 0 Å². The summed E-state index contributed by atoms with van der Waals surface area (Å²) in [5.41, 5.74) is 1.95. The van der Waals surface area contributed by atoms with Gasteiger partial charge >= 0.3 is 0 Å². The molecule has 4 rings (SSSR count). The molecule has 32 heavy (non-hydrogen) atoms. The van der Waals surface area contributed by atoms with Gasteiger partial charge in [0.15, 0.2) is 0 Å². The highest BCUT2D eigenvalue weighted by atomic mass is 32.2. The van der Waals surface area contributed by atoms with Crippen LogP contribution in [-0.4, -0.2) is 51.3 Å². The molecule has 0 bridgehead atoms. The SMILES string of the molecule is O=C(NCCC(=O)N1CCCCCC1)c1cccc(S(=O)(=O)N2CCc3ccccc32)c1. The van der Waals surface area contributed by atoms with E-state index in [4.69, 9.17) is 0 Å². The van der Waals surface area contributed by atoms with Crippen molar-refractivity contribution in [3.05, 3.63) is 59.7 Å². The summed E-state index contributed by atoms with van der Waals surface area (Å²) < 4.78 is 27.8. The molecule has 170 valence electrons. The van der Waals surface area contributed by atoms with Crippen molar-refractivity contribution >= 4 is 27.5 Å². The van der Waals surface area contributed by atoms with Gasteiger partial charge in [0.05, 0.1) is 10.6 Å². The summed E-state index contributed by atoms with van der Waals surface area (Å²) in [5, 5.41) is 2.75. The van der Waals surface area contributed by atoms with E-state index in [0.29, 0.717) is 18.7 Å². The van der Waals surface area contributed by atoms with Crippen molar-refractivity contribution in [1.82, 2.24) is 10.2 Å². The minimum Gasteiger partial charge on any atom is -0.352 e. The number of likely N-dealkylation sites (tertiary alicyclic amines) is 1. The maximum atomic E-state index is 13.2. The van der Waals surface area contributed by atoms with Crippen LogP contribution in [0.25, 0.3) is 0 Å². The third-order valence-corrected chi connectivity index (χ3v) is 7.92. The van der Waals surface area contributed by atoms with Crippen LogP contribution in [-0.2, 0) is 21.2 Å². The molecule has 0 aliphatic carbocycles. The van der Waals surface area contributed by atoms with Crippen LogP contribution < -0.4 is 9.62 Å². The Kier molecular flexibility index (Phi) is 6.79. The second-order valence-corrected chi connectivity index (χ2v) is 10.1. The Labute approximate surface area is 189 Å². The number of sulfonamides is 1. The zero-order valence-electron chi connectivity index (χ0n) is 18.1. The first kappa shape index (κ1) is 22.3. The first-order valence-electron chi connectivity index (χ1n) is 11.2. The van der Waals surface area contributed by atoms with Crippen LogP contribution in [0.1, 0.15) is 48.0 Å². The number of nitrogens with one attached hydrogen (secondary N) is 1. The summed E-state index contributed by atoms with van der Waals surface area (Å²) in [6.07, 6.45) is 5.28. The lowest BCUT2D eigenvalue weighted by Gasteiger charge is -2.20. The summed E-state index contributed by atoms with van der Waals surface area (Å²) in [7, 11) is -3.77. The van der Waals surface area contributed by atoms with Crippen LogP contribution in [0.15, 0.2) is 53.4 Å². The molecule has 2 aromatic carbocycles. The Morgan fingerprint density at radius 1 is 0.906 bits per heavy atom. The lowest BCUT2D eigenvalue weighted by atomic mass is 10.2. The van der Waals surface area contributed by atoms with Gasteiger partial charge in [-0.2, -0.15) is 0 Å². The van der Waals surface area contributed by atoms with Crippen molar-refractivity contribution < 1.29 is 18.0 Å². The summed E-state index contributed by atoms with van der Waals surface area (Å²) in [5.74, 6) is -0.330. The highest BCUT2D eigenvalue weighted by Crippen LogP contribution is 2.32. The third kappa shape index (κ3) is 4.80. The molecule has 0 spiro atoms. The number of anilines is 1. The van der Waals surface area contributed by atoms with Gasteiger partial charge in [0.25, 0.3) is 15.9 Å². The second-order valence-electron chi connectivity index (χ2n) is 8.28. The average Bonchev–Trinajstić information content (AvgIpc) is 3.06. The number of rotatable bonds is 6. The molecule has 2 aromatic rings. The van der Waals surface area contributed by atoms with Gasteiger partial charge in [-0.05, 0) is 49.1 Å². The van der Waals surface area contributed by atoms with Crippen LogP contribution in [0.3, 0.4) is 0 Å². The molecule has 0 saturated carbocycles. The maximum Gasteiger partial charge on any atom is 0.264 e. The summed E-state index contributed by atoms with van der Waals surface area (Å²) >= 11 is 0. The third-order valence-electron chi connectivity index (χ3n) is 6.11. The number of benzene rings is 2. The fourth-order valence-electron chi connectivity index (χ4n) is 4.35. The Morgan fingerprint density at radius 2 is 1.66 bits per heavy atom. The number of carbonyl (C=O) groups excluding carboxylic acids is 2. The standard InChI is InChI=1S/C24H29N3O4S/c28-23(26-15-5-1-2-6-16-26)12-14-25-24(29)20-9-7-10-21(18-20)32(30,31)27-17-13-19-8-3-4-11-22(19)27/h3-4,7-11,18H,1-2,5-6,12-17H2,(H,25,29). The molecule has 2 aliphatic heterocycles. The fraction of sp³-hybridized carbons (Fsp3) is 0.417. The van der Waals surface area contributed by atoms with Crippen molar-refractivity contribution in [3.8, 4) is 0 Å². The van der Waals surface area contributed by atoms with Crippen molar-refractivity contribution in [3.63, 3.8) is 0 Å². The molecule has 7 nitrogen and oxygen atoms in total. The van der Waals surface area contributed by atoms with Gasteiger partial charge in [-0.1, -0.05) is 37.1 Å². The lowest BCUT2D eigenvalue weighted by molar-refractivity contribution is -0.131. The molecule has 2 aliphatic rings. The van der Waals surface area contributed by atoms with E-state index in [-0.39, 0.29) is 35.2 Å². The van der Waals surface area contributed by atoms with E-state index in [1.54, 1.807) is 18.2 Å². The van der Waals surface area contributed by atoms with Gasteiger partial charge in [0, 0.05) is 38.2 Å². The minimum absolute atomic E-state index is 0.0521.